The van der Waals surface area contributed by atoms with E-state index in [2.05, 4.69) is 10.3 Å². The van der Waals surface area contributed by atoms with E-state index in [1.54, 1.807) is 6.20 Å². The Morgan fingerprint density at radius 1 is 1.17 bits per heavy atom. The fraction of sp³-hybridized carbons (Fsp3) is 0.214. The van der Waals surface area contributed by atoms with Crippen molar-refractivity contribution in [2.75, 3.05) is 0 Å². The third-order valence-corrected chi connectivity index (χ3v) is 2.67. The topological polar surface area (TPSA) is 24.9 Å². The van der Waals surface area contributed by atoms with Gasteiger partial charge in [0, 0.05) is 24.8 Å². The summed E-state index contributed by atoms with van der Waals surface area (Å²) in [5.74, 6) is -1.12. The van der Waals surface area contributed by atoms with Crippen molar-refractivity contribution in [2.24, 2.45) is 0 Å². The van der Waals surface area contributed by atoms with Crippen LogP contribution in [0.5, 0.6) is 0 Å². The lowest BCUT2D eigenvalue weighted by Gasteiger charge is -2.13. The zero-order valence-corrected chi connectivity index (χ0v) is 10.0. The van der Waals surface area contributed by atoms with Crippen molar-refractivity contribution >= 4 is 0 Å². The summed E-state index contributed by atoms with van der Waals surface area (Å²) in [6.07, 6.45) is 1.72. The number of benzene rings is 1. The van der Waals surface area contributed by atoms with Crippen LogP contribution in [0.15, 0.2) is 42.6 Å². The lowest BCUT2D eigenvalue weighted by Crippen LogP contribution is -2.19. The maximum Gasteiger partial charge on any atom is 0.126 e. The van der Waals surface area contributed by atoms with Crippen LogP contribution >= 0.6 is 0 Å². The summed E-state index contributed by atoms with van der Waals surface area (Å²) < 4.78 is 26.0. The molecule has 1 aromatic carbocycles. The summed E-state index contributed by atoms with van der Waals surface area (Å²) in [6.45, 7) is 2.35. The van der Waals surface area contributed by atoms with Crippen LogP contribution in [0.3, 0.4) is 0 Å². The van der Waals surface area contributed by atoms with Gasteiger partial charge < -0.3 is 5.32 Å². The molecule has 0 saturated heterocycles. The van der Waals surface area contributed by atoms with Crippen LogP contribution in [0.4, 0.5) is 8.78 Å². The molecule has 0 amide bonds. The molecule has 1 heterocycles. The van der Waals surface area contributed by atoms with Crippen LogP contribution in [-0.4, -0.2) is 4.98 Å². The molecule has 0 spiro atoms. The van der Waals surface area contributed by atoms with E-state index in [1.165, 1.54) is 12.1 Å². The Hall–Kier alpha value is -1.81. The number of halogens is 2. The smallest absolute Gasteiger partial charge is 0.126 e. The van der Waals surface area contributed by atoms with Crippen LogP contribution < -0.4 is 5.32 Å². The highest BCUT2D eigenvalue weighted by Gasteiger charge is 2.06. The largest absolute Gasteiger partial charge is 0.305 e. The fourth-order valence-corrected chi connectivity index (χ4v) is 1.72. The molecule has 0 radical (unpaired) electrons. The monoisotopic (exact) mass is 248 g/mol. The van der Waals surface area contributed by atoms with E-state index in [9.17, 15) is 8.78 Å². The van der Waals surface area contributed by atoms with Gasteiger partial charge in [-0.3, -0.25) is 4.98 Å². The van der Waals surface area contributed by atoms with Gasteiger partial charge in [-0.2, -0.15) is 0 Å². The van der Waals surface area contributed by atoms with E-state index >= 15 is 0 Å². The Labute approximate surface area is 105 Å². The van der Waals surface area contributed by atoms with Crippen LogP contribution in [0, 0.1) is 11.6 Å². The lowest BCUT2D eigenvalue weighted by atomic mass is 10.1. The molecule has 1 aromatic heterocycles. The van der Waals surface area contributed by atoms with Gasteiger partial charge >= 0.3 is 0 Å². The van der Waals surface area contributed by atoms with Crippen LogP contribution in [0.1, 0.15) is 24.2 Å². The molecule has 1 atom stereocenters. The Balaban J connectivity index is 1.99. The molecule has 0 aliphatic heterocycles. The summed E-state index contributed by atoms with van der Waals surface area (Å²) in [4.78, 5) is 4.22. The number of nitrogens with zero attached hydrogens (tertiary/aromatic N) is 1. The normalized spacial score (nSPS) is 12.4. The predicted molar refractivity (Wildman–Crippen MR) is 65.8 cm³/mol. The van der Waals surface area contributed by atoms with E-state index in [0.717, 1.165) is 11.8 Å². The van der Waals surface area contributed by atoms with E-state index in [-0.39, 0.29) is 6.04 Å². The minimum absolute atomic E-state index is 0.0255. The van der Waals surface area contributed by atoms with Gasteiger partial charge in [-0.05, 0) is 36.8 Å². The van der Waals surface area contributed by atoms with Crippen LogP contribution in [-0.2, 0) is 6.54 Å². The van der Waals surface area contributed by atoms with E-state index < -0.39 is 11.6 Å². The fourth-order valence-electron chi connectivity index (χ4n) is 1.72. The van der Waals surface area contributed by atoms with Gasteiger partial charge in [0.15, 0.2) is 0 Å². The first-order valence-electron chi connectivity index (χ1n) is 5.74. The zero-order valence-electron chi connectivity index (χ0n) is 10.0. The number of hydrogen-bond acceptors (Lipinski definition) is 2. The van der Waals surface area contributed by atoms with Crippen molar-refractivity contribution in [2.45, 2.75) is 19.5 Å². The number of hydrogen-bond donors (Lipinski definition) is 1. The molecule has 4 heteroatoms. The second-order valence-electron chi connectivity index (χ2n) is 4.13. The van der Waals surface area contributed by atoms with Gasteiger partial charge in [0.1, 0.15) is 11.6 Å². The maximum atomic E-state index is 13.0. The molecule has 0 aliphatic carbocycles. The van der Waals surface area contributed by atoms with Crippen molar-refractivity contribution in [3.8, 4) is 0 Å². The number of pyridine rings is 1. The standard InChI is InChI=1S/C14H14F2N2/c1-10(14-4-2-3-5-17-14)18-9-11-6-12(15)8-13(16)7-11/h2-8,10,18H,9H2,1H3/t10-/m1/s1. The van der Waals surface area contributed by atoms with Crippen LogP contribution in [0.25, 0.3) is 0 Å². The van der Waals surface area contributed by atoms with Gasteiger partial charge in [-0.15, -0.1) is 0 Å². The Morgan fingerprint density at radius 2 is 1.89 bits per heavy atom. The molecule has 94 valence electrons. The second kappa shape index (κ2) is 5.69. The molecule has 2 nitrogen and oxygen atoms in total. The minimum Gasteiger partial charge on any atom is -0.305 e. The molecule has 0 bridgehead atoms. The van der Waals surface area contributed by atoms with E-state index in [1.807, 2.05) is 25.1 Å². The maximum absolute atomic E-state index is 13.0. The Morgan fingerprint density at radius 3 is 2.50 bits per heavy atom. The Bertz CT molecular complexity index is 494. The number of aromatic nitrogens is 1. The highest BCUT2D eigenvalue weighted by Crippen LogP contribution is 2.11. The molecule has 2 aromatic rings. The Kier molecular flexibility index (Phi) is 3.99. The number of nitrogens with one attached hydrogen (secondary N) is 1. The summed E-state index contributed by atoms with van der Waals surface area (Å²) >= 11 is 0. The van der Waals surface area contributed by atoms with Crippen molar-refractivity contribution in [1.29, 1.82) is 0 Å². The van der Waals surface area contributed by atoms with Crippen molar-refractivity contribution in [3.05, 3.63) is 65.5 Å². The molecular formula is C14H14F2N2. The number of rotatable bonds is 4. The minimum atomic E-state index is -0.558. The molecule has 0 unspecified atom stereocenters. The van der Waals surface area contributed by atoms with Crippen LogP contribution in [0.2, 0.25) is 0 Å². The summed E-state index contributed by atoms with van der Waals surface area (Å²) in [5, 5.41) is 3.17. The first-order chi connectivity index (χ1) is 8.65. The molecule has 0 aliphatic rings. The summed E-state index contributed by atoms with van der Waals surface area (Å²) in [7, 11) is 0. The quantitative estimate of drug-likeness (QED) is 0.898. The first-order valence-corrected chi connectivity index (χ1v) is 5.74. The SMILES string of the molecule is C[C@@H](NCc1cc(F)cc(F)c1)c1ccccn1. The average molecular weight is 248 g/mol. The second-order valence-corrected chi connectivity index (χ2v) is 4.13. The highest BCUT2D eigenvalue weighted by atomic mass is 19.1. The van der Waals surface area contributed by atoms with Crippen molar-refractivity contribution in [1.82, 2.24) is 10.3 Å². The van der Waals surface area contributed by atoms with Gasteiger partial charge in [0.25, 0.3) is 0 Å². The van der Waals surface area contributed by atoms with Gasteiger partial charge in [-0.1, -0.05) is 6.07 Å². The molecule has 1 N–H and O–H groups in total. The summed E-state index contributed by atoms with van der Waals surface area (Å²) in [6, 6.07) is 9.19. The van der Waals surface area contributed by atoms with Gasteiger partial charge in [0.05, 0.1) is 5.69 Å². The third kappa shape index (κ3) is 3.34. The average Bonchev–Trinajstić information content (AvgIpc) is 2.36. The van der Waals surface area contributed by atoms with Crippen molar-refractivity contribution < 1.29 is 8.78 Å². The third-order valence-electron chi connectivity index (χ3n) is 2.67. The van der Waals surface area contributed by atoms with Crippen molar-refractivity contribution in [3.63, 3.8) is 0 Å². The molecule has 0 fully saturated rings. The molecule has 2 rings (SSSR count). The predicted octanol–water partition coefficient (Wildman–Crippen LogP) is 3.21. The lowest BCUT2D eigenvalue weighted by molar-refractivity contribution is 0.547. The van der Waals surface area contributed by atoms with Gasteiger partial charge in [-0.25, -0.2) is 8.78 Å². The zero-order chi connectivity index (χ0) is 13.0. The molecular weight excluding hydrogens is 234 g/mol. The first kappa shape index (κ1) is 12.6. The van der Waals surface area contributed by atoms with E-state index in [4.69, 9.17) is 0 Å². The summed E-state index contributed by atoms with van der Waals surface area (Å²) in [5.41, 5.74) is 1.48. The molecule has 0 saturated carbocycles. The molecule has 18 heavy (non-hydrogen) atoms. The van der Waals surface area contributed by atoms with E-state index in [0.29, 0.717) is 12.1 Å². The highest BCUT2D eigenvalue weighted by molar-refractivity contribution is 5.18. The van der Waals surface area contributed by atoms with Gasteiger partial charge in [0.2, 0.25) is 0 Å².